The second-order valence-electron chi connectivity index (χ2n) is 10.6. The van der Waals surface area contributed by atoms with Gasteiger partial charge in [0.05, 0.1) is 25.3 Å². The number of hydrogen-bond acceptors (Lipinski definition) is 13. The number of carbonyl (C=O) groups is 10. The quantitative estimate of drug-likeness (QED) is 0.0179. The van der Waals surface area contributed by atoms with E-state index in [1.807, 2.05) is 21.3 Å². The van der Waals surface area contributed by atoms with Crippen molar-refractivity contribution in [1.82, 2.24) is 26.6 Å². The molecule has 0 fully saturated rings. The number of carbonyl (C=O) groups excluding carboxylic acids is 5. The third kappa shape index (κ3) is 19.2. The maximum Gasteiger partial charge on any atom is 0.327 e. The third-order valence-electron chi connectivity index (χ3n) is 6.42. The Labute approximate surface area is 293 Å². The zero-order chi connectivity index (χ0) is 39.4. The van der Waals surface area contributed by atoms with Crippen LogP contribution in [0, 0.1) is 0 Å². The molecule has 0 saturated heterocycles. The normalized spacial score (nSPS) is 14.1. The number of amides is 5. The zero-order valence-electron chi connectivity index (χ0n) is 26.8. The van der Waals surface area contributed by atoms with Crippen LogP contribution < -0.4 is 43.8 Å². The van der Waals surface area contributed by atoms with Crippen LogP contribution in [0.5, 0.6) is 0 Å². The Hall–Kier alpha value is -5.72. The average Bonchev–Trinajstić information content (AvgIpc) is 3.01. The van der Waals surface area contributed by atoms with Gasteiger partial charge in [-0.05, 0) is 19.3 Å². The summed E-state index contributed by atoms with van der Waals surface area (Å²) in [6.45, 7) is -0.121. The molecule has 0 aliphatic carbocycles. The minimum Gasteiger partial charge on any atom is -0.481 e. The molecule has 0 aromatic rings. The summed E-state index contributed by atoms with van der Waals surface area (Å²) in [6.07, 6.45) is -4.62. The predicted octanol–water partition coefficient (Wildman–Crippen LogP) is -5.91. The van der Waals surface area contributed by atoms with Crippen molar-refractivity contribution in [3.8, 4) is 0 Å². The number of hydrogen-bond donors (Lipinski definition) is 14. The Morgan fingerprint density at radius 3 is 1.27 bits per heavy atom. The summed E-state index contributed by atoms with van der Waals surface area (Å²) in [7, 11) is 0. The number of nitrogens with two attached hydrogens (primary N) is 3. The first-order valence-corrected chi connectivity index (χ1v) is 15.3. The molecule has 0 bridgehead atoms. The maximum atomic E-state index is 13.4. The van der Waals surface area contributed by atoms with E-state index in [4.69, 9.17) is 27.4 Å². The van der Waals surface area contributed by atoms with E-state index in [1.54, 1.807) is 0 Å². The lowest BCUT2D eigenvalue weighted by Gasteiger charge is -2.26. The molecule has 0 radical (unpaired) electrons. The standard InChI is InChI=1S/C26H41N9O15S/c27-10(3-4-16(36)37)20(44)32-12(6-17(38)39)22(46)31-11(2-1-5-30-26(28)29)21(45)33-13(7-18(40)41)23(47)34-14(8-19(42)43)24(48)35-15(9-51)25(49)50/h10-15,51H,1-9,27H2,(H,31,46)(H,32,44)(H,33,45)(H,34,47)(H,35,48)(H,36,37)(H,38,39)(H,40,41)(H,42,43)(H,49,50)(H4,28,29,30)/t10-,11-,12-,13-,14-,15-/m0/s1. The fourth-order valence-electron chi connectivity index (χ4n) is 3.89. The molecular formula is C26H41N9O15S. The molecule has 0 heterocycles. The lowest BCUT2D eigenvalue weighted by molar-refractivity contribution is -0.144. The molecule has 24 nitrogen and oxygen atoms in total. The largest absolute Gasteiger partial charge is 0.481 e. The zero-order valence-corrected chi connectivity index (χ0v) is 27.7. The van der Waals surface area contributed by atoms with Crippen molar-refractivity contribution in [3.63, 3.8) is 0 Å². The summed E-state index contributed by atoms with van der Waals surface area (Å²) < 4.78 is 0. The van der Waals surface area contributed by atoms with Crippen LogP contribution in [0.2, 0.25) is 0 Å². The number of rotatable bonds is 25. The summed E-state index contributed by atoms with van der Waals surface area (Å²) in [5.74, 6) is -14.9. The van der Waals surface area contributed by atoms with Crippen molar-refractivity contribution >= 4 is 78.0 Å². The lowest BCUT2D eigenvalue weighted by Crippen LogP contribution is -2.60. The number of guanidine groups is 1. The van der Waals surface area contributed by atoms with Gasteiger partial charge >= 0.3 is 29.8 Å². The van der Waals surface area contributed by atoms with Crippen LogP contribution in [0.15, 0.2) is 4.99 Å². The van der Waals surface area contributed by atoms with Gasteiger partial charge in [0.1, 0.15) is 30.2 Å². The SMILES string of the molecule is NC(N)=NCCC[C@H](NC(=O)[C@H](CC(=O)O)NC(=O)[C@@H](N)CCC(=O)O)C(=O)N[C@@H](CC(=O)O)C(=O)N[C@@H](CC(=O)O)C(=O)N[C@@H](CS)C(=O)O. The predicted molar refractivity (Wildman–Crippen MR) is 173 cm³/mol. The van der Waals surface area contributed by atoms with Crippen molar-refractivity contribution in [2.24, 2.45) is 22.2 Å². The molecule has 6 atom stereocenters. The number of thiol groups is 1. The van der Waals surface area contributed by atoms with Gasteiger partial charge in [0.2, 0.25) is 29.5 Å². The van der Waals surface area contributed by atoms with Gasteiger partial charge in [-0.2, -0.15) is 12.6 Å². The minimum absolute atomic E-state index is 0.0567. The van der Waals surface area contributed by atoms with Gasteiger partial charge < -0.3 is 69.3 Å². The molecular weight excluding hydrogens is 710 g/mol. The molecule has 0 unspecified atom stereocenters. The second-order valence-corrected chi connectivity index (χ2v) is 11.0. The molecule has 0 aromatic heterocycles. The first kappa shape index (κ1) is 45.3. The van der Waals surface area contributed by atoms with Crippen LogP contribution in [-0.2, 0) is 47.9 Å². The monoisotopic (exact) mass is 751 g/mol. The molecule has 25 heteroatoms. The van der Waals surface area contributed by atoms with Crippen LogP contribution in [0.1, 0.15) is 44.9 Å². The Kier molecular flexibility index (Phi) is 20.3. The molecule has 0 saturated carbocycles. The Morgan fingerprint density at radius 2 is 0.922 bits per heavy atom. The number of aliphatic carboxylic acids is 5. The van der Waals surface area contributed by atoms with E-state index in [2.05, 4.69) is 22.9 Å². The van der Waals surface area contributed by atoms with E-state index in [0.29, 0.717) is 0 Å². The van der Waals surface area contributed by atoms with E-state index < -0.39 is 127 Å². The van der Waals surface area contributed by atoms with Crippen molar-refractivity contribution in [2.45, 2.75) is 81.2 Å². The van der Waals surface area contributed by atoms with Gasteiger partial charge in [-0.1, -0.05) is 0 Å². The third-order valence-corrected chi connectivity index (χ3v) is 6.78. The molecule has 0 aromatic carbocycles. The van der Waals surface area contributed by atoms with Gasteiger partial charge in [0, 0.05) is 18.7 Å². The highest BCUT2D eigenvalue weighted by Crippen LogP contribution is 2.06. The Morgan fingerprint density at radius 1 is 0.549 bits per heavy atom. The fraction of sp³-hybridized carbons (Fsp3) is 0.577. The topological polar surface area (TPSA) is 422 Å². The van der Waals surface area contributed by atoms with E-state index in [9.17, 15) is 63.3 Å². The van der Waals surface area contributed by atoms with Crippen LogP contribution in [0.3, 0.4) is 0 Å². The maximum absolute atomic E-state index is 13.4. The van der Waals surface area contributed by atoms with Gasteiger partial charge in [-0.25, -0.2) is 4.79 Å². The van der Waals surface area contributed by atoms with E-state index >= 15 is 0 Å². The highest BCUT2D eigenvalue weighted by Gasteiger charge is 2.34. The van der Waals surface area contributed by atoms with Crippen LogP contribution in [0.25, 0.3) is 0 Å². The van der Waals surface area contributed by atoms with Crippen LogP contribution in [-0.4, -0.2) is 139 Å². The van der Waals surface area contributed by atoms with Crippen molar-refractivity contribution < 1.29 is 73.5 Å². The summed E-state index contributed by atoms with van der Waals surface area (Å²) in [5, 5.41) is 56.0. The number of carboxylic acids is 5. The van der Waals surface area contributed by atoms with Crippen LogP contribution in [0.4, 0.5) is 0 Å². The summed E-state index contributed by atoms with van der Waals surface area (Å²) in [6, 6.07) is -10.7. The second kappa shape index (κ2) is 22.8. The van der Waals surface area contributed by atoms with Crippen LogP contribution >= 0.6 is 12.6 Å². The van der Waals surface area contributed by atoms with Gasteiger partial charge in [0.15, 0.2) is 5.96 Å². The summed E-state index contributed by atoms with van der Waals surface area (Å²) in [5.41, 5.74) is 16.2. The molecule has 286 valence electrons. The average molecular weight is 752 g/mol. The van der Waals surface area contributed by atoms with Gasteiger partial charge in [-0.15, -0.1) is 0 Å². The molecule has 0 rings (SSSR count). The number of aliphatic imine (C=N–C) groups is 1. The Bertz CT molecular complexity index is 1360. The first-order valence-electron chi connectivity index (χ1n) is 14.7. The molecule has 5 amide bonds. The molecule has 51 heavy (non-hydrogen) atoms. The van der Waals surface area contributed by atoms with Gasteiger partial charge in [0.25, 0.3) is 0 Å². The smallest absolute Gasteiger partial charge is 0.327 e. The molecule has 0 aliphatic rings. The lowest BCUT2D eigenvalue weighted by atomic mass is 10.1. The van der Waals surface area contributed by atoms with E-state index in [0.717, 1.165) is 0 Å². The number of nitrogens with zero attached hydrogens (tertiary/aromatic N) is 1. The fourth-order valence-corrected chi connectivity index (χ4v) is 4.14. The minimum atomic E-state index is -2.04. The van der Waals surface area contributed by atoms with Crippen molar-refractivity contribution in [1.29, 1.82) is 0 Å². The summed E-state index contributed by atoms with van der Waals surface area (Å²) in [4.78, 5) is 125. The molecule has 0 aliphatic heterocycles. The number of carboxylic acid groups (broad SMARTS) is 5. The van der Waals surface area contributed by atoms with E-state index in [-0.39, 0.29) is 31.8 Å². The van der Waals surface area contributed by atoms with Crippen molar-refractivity contribution in [3.05, 3.63) is 0 Å². The summed E-state index contributed by atoms with van der Waals surface area (Å²) >= 11 is 3.76. The number of nitrogens with one attached hydrogen (secondary N) is 5. The molecule has 16 N–H and O–H groups in total. The Balaban J connectivity index is 6.30. The van der Waals surface area contributed by atoms with Gasteiger partial charge in [-0.3, -0.25) is 48.1 Å². The highest BCUT2D eigenvalue weighted by molar-refractivity contribution is 7.80. The molecule has 0 spiro atoms. The van der Waals surface area contributed by atoms with E-state index in [1.165, 1.54) is 0 Å². The highest BCUT2D eigenvalue weighted by atomic mass is 32.1. The first-order chi connectivity index (χ1) is 23.7. The van der Waals surface area contributed by atoms with Crippen molar-refractivity contribution in [2.75, 3.05) is 12.3 Å².